The van der Waals surface area contributed by atoms with E-state index >= 15 is 0 Å². The van der Waals surface area contributed by atoms with Gasteiger partial charge in [0.15, 0.2) is 0 Å². The van der Waals surface area contributed by atoms with Crippen LogP contribution >= 0.6 is 0 Å². The topological polar surface area (TPSA) is 55.4 Å². The minimum Gasteiger partial charge on any atom is -0.457 e. The zero-order valence-electron chi connectivity index (χ0n) is 19.5. The second-order valence-corrected chi connectivity index (χ2v) is 12.4. The van der Waals surface area contributed by atoms with Crippen LogP contribution < -0.4 is 5.32 Å². The SMILES string of the molecule is CC(C)C[C@@H]1NC[C@]2(CC[C@@]3(C)[C@@H](CC[C@@H]4[C@@H]3CC[C@]3(C)C(=O)CC[C@@H]43)C2)OC1=O. The lowest BCUT2D eigenvalue weighted by Crippen LogP contribution is -2.63. The molecule has 0 aromatic heterocycles. The van der Waals surface area contributed by atoms with Crippen molar-refractivity contribution in [3.8, 4) is 0 Å². The maximum Gasteiger partial charge on any atom is 0.323 e. The number of hydrogen-bond acceptors (Lipinski definition) is 4. The van der Waals surface area contributed by atoms with Crippen LogP contribution in [-0.4, -0.2) is 29.9 Å². The third-order valence-electron chi connectivity index (χ3n) is 10.5. The first kappa shape index (κ1) is 21.0. The molecule has 1 heterocycles. The first-order valence-electron chi connectivity index (χ1n) is 12.7. The molecule has 0 unspecified atom stereocenters. The van der Waals surface area contributed by atoms with Crippen molar-refractivity contribution in [1.82, 2.24) is 5.32 Å². The van der Waals surface area contributed by atoms with Crippen molar-refractivity contribution in [3.05, 3.63) is 0 Å². The smallest absolute Gasteiger partial charge is 0.323 e. The predicted octanol–water partition coefficient (Wildman–Crippen LogP) is 4.90. The molecule has 168 valence electrons. The minimum absolute atomic E-state index is 0.0230. The standard InChI is InChI=1S/C26H41NO3/c1-16(2)13-21-23(29)30-26(15-27-21)12-11-24(3)17(14-26)5-6-18-19-7-8-22(28)25(19,4)10-9-20(18)24/h16-21,27H,5-15H2,1-4H3/t17-,18-,19-,20-,21-,24-,25-,26+/m0/s1. The highest BCUT2D eigenvalue weighted by molar-refractivity contribution is 5.87. The lowest BCUT2D eigenvalue weighted by molar-refractivity contribution is -0.193. The van der Waals surface area contributed by atoms with Crippen LogP contribution in [-0.2, 0) is 14.3 Å². The van der Waals surface area contributed by atoms with Crippen molar-refractivity contribution in [2.45, 2.75) is 104 Å². The summed E-state index contributed by atoms with van der Waals surface area (Å²) in [7, 11) is 0. The molecule has 1 aliphatic heterocycles. The number of morpholine rings is 1. The molecule has 30 heavy (non-hydrogen) atoms. The van der Waals surface area contributed by atoms with Crippen LogP contribution in [0.3, 0.4) is 0 Å². The van der Waals surface area contributed by atoms with Crippen LogP contribution in [0.25, 0.3) is 0 Å². The van der Waals surface area contributed by atoms with Crippen LogP contribution in [0, 0.1) is 40.4 Å². The highest BCUT2D eigenvalue weighted by atomic mass is 16.6. The highest BCUT2D eigenvalue weighted by Crippen LogP contribution is 2.66. The predicted molar refractivity (Wildman–Crippen MR) is 117 cm³/mol. The largest absolute Gasteiger partial charge is 0.457 e. The first-order valence-corrected chi connectivity index (χ1v) is 12.7. The number of ether oxygens (including phenoxy) is 1. The highest BCUT2D eigenvalue weighted by Gasteiger charge is 2.62. The molecule has 4 saturated carbocycles. The van der Waals surface area contributed by atoms with Crippen molar-refractivity contribution in [3.63, 3.8) is 0 Å². The Balaban J connectivity index is 1.31. The van der Waals surface area contributed by atoms with Gasteiger partial charge in [0.05, 0.1) is 0 Å². The van der Waals surface area contributed by atoms with Gasteiger partial charge in [-0.1, -0.05) is 27.7 Å². The molecule has 1 N–H and O–H groups in total. The summed E-state index contributed by atoms with van der Waals surface area (Å²) in [5.74, 6) is 3.75. The number of nitrogens with one attached hydrogen (secondary N) is 1. The van der Waals surface area contributed by atoms with Gasteiger partial charge in [-0.05, 0) is 92.8 Å². The van der Waals surface area contributed by atoms with E-state index in [1.54, 1.807) is 0 Å². The fraction of sp³-hybridized carbons (Fsp3) is 0.923. The Morgan fingerprint density at radius 1 is 1.03 bits per heavy atom. The summed E-state index contributed by atoms with van der Waals surface area (Å²) < 4.78 is 6.21. The number of esters is 1. The average Bonchev–Trinajstić information content (AvgIpc) is 3.00. The summed E-state index contributed by atoms with van der Waals surface area (Å²) in [4.78, 5) is 25.4. The van der Waals surface area contributed by atoms with E-state index in [0.717, 1.165) is 56.9 Å². The molecule has 0 amide bonds. The molecule has 4 heteroatoms. The van der Waals surface area contributed by atoms with E-state index in [2.05, 4.69) is 33.0 Å². The zero-order valence-corrected chi connectivity index (χ0v) is 19.5. The van der Waals surface area contributed by atoms with E-state index in [1.807, 2.05) is 0 Å². The zero-order chi connectivity index (χ0) is 21.3. The van der Waals surface area contributed by atoms with Crippen molar-refractivity contribution in [2.24, 2.45) is 40.4 Å². The number of Topliss-reactive ketones (excluding diaryl/α,β-unsaturated/α-hetero) is 1. The number of carbonyl (C=O) groups is 2. The Hall–Kier alpha value is -0.900. The number of fused-ring (bicyclic) bond motifs is 5. The third kappa shape index (κ3) is 3.03. The molecular weight excluding hydrogens is 374 g/mol. The molecule has 8 atom stereocenters. The summed E-state index contributed by atoms with van der Waals surface area (Å²) in [6, 6.07) is -0.129. The average molecular weight is 416 g/mol. The van der Waals surface area contributed by atoms with E-state index in [0.29, 0.717) is 29.0 Å². The Kier molecular flexibility index (Phi) is 4.93. The Labute approximate surface area is 182 Å². The van der Waals surface area contributed by atoms with Gasteiger partial charge in [0.1, 0.15) is 17.4 Å². The summed E-state index contributed by atoms with van der Waals surface area (Å²) >= 11 is 0. The van der Waals surface area contributed by atoms with Crippen LogP contribution in [0.4, 0.5) is 0 Å². The lowest BCUT2D eigenvalue weighted by Gasteiger charge is -2.62. The molecule has 0 radical (unpaired) electrons. The Morgan fingerprint density at radius 2 is 1.83 bits per heavy atom. The molecule has 1 saturated heterocycles. The Morgan fingerprint density at radius 3 is 2.57 bits per heavy atom. The number of hydrogen-bond donors (Lipinski definition) is 1. The quantitative estimate of drug-likeness (QED) is 0.652. The fourth-order valence-electron chi connectivity index (χ4n) is 8.70. The van der Waals surface area contributed by atoms with Crippen molar-refractivity contribution >= 4 is 11.8 Å². The molecule has 0 aromatic rings. The normalized spacial score (nSPS) is 50.8. The molecule has 4 aliphatic carbocycles. The maximum atomic E-state index is 12.7. The molecule has 4 nitrogen and oxygen atoms in total. The van der Waals surface area contributed by atoms with Crippen molar-refractivity contribution in [2.75, 3.05) is 6.54 Å². The van der Waals surface area contributed by atoms with E-state index in [4.69, 9.17) is 4.74 Å². The second-order valence-electron chi connectivity index (χ2n) is 12.4. The van der Waals surface area contributed by atoms with Crippen LogP contribution in [0.15, 0.2) is 0 Å². The van der Waals surface area contributed by atoms with Crippen molar-refractivity contribution < 1.29 is 14.3 Å². The van der Waals surface area contributed by atoms with Crippen LogP contribution in [0.5, 0.6) is 0 Å². The monoisotopic (exact) mass is 415 g/mol. The second kappa shape index (κ2) is 7.05. The summed E-state index contributed by atoms with van der Waals surface area (Å²) in [5, 5.41) is 3.55. The maximum absolute atomic E-state index is 12.7. The number of rotatable bonds is 2. The first-order chi connectivity index (χ1) is 14.2. The van der Waals surface area contributed by atoms with E-state index < -0.39 is 0 Å². The fourth-order valence-corrected chi connectivity index (χ4v) is 8.70. The van der Waals surface area contributed by atoms with Crippen molar-refractivity contribution in [1.29, 1.82) is 0 Å². The molecular formula is C26H41NO3. The van der Waals surface area contributed by atoms with E-state index in [-0.39, 0.29) is 23.0 Å². The van der Waals surface area contributed by atoms with Gasteiger partial charge in [0.25, 0.3) is 0 Å². The van der Waals surface area contributed by atoms with Gasteiger partial charge in [-0.15, -0.1) is 0 Å². The van der Waals surface area contributed by atoms with Gasteiger partial charge >= 0.3 is 5.97 Å². The van der Waals surface area contributed by atoms with Gasteiger partial charge in [0, 0.05) is 18.4 Å². The van der Waals surface area contributed by atoms with Gasteiger partial charge in [0.2, 0.25) is 0 Å². The molecule has 0 aromatic carbocycles. The van der Waals surface area contributed by atoms with Crippen LogP contribution in [0.2, 0.25) is 0 Å². The van der Waals surface area contributed by atoms with Gasteiger partial charge in [-0.25, -0.2) is 0 Å². The Bertz CT molecular complexity index is 734. The molecule has 0 bridgehead atoms. The molecule has 5 rings (SSSR count). The minimum atomic E-state index is -0.284. The number of carbonyl (C=O) groups excluding carboxylic acids is 2. The number of ketones is 1. The molecule has 1 spiro atoms. The summed E-state index contributed by atoms with van der Waals surface area (Å²) in [6.07, 6.45) is 10.8. The lowest BCUT2D eigenvalue weighted by atomic mass is 9.44. The van der Waals surface area contributed by atoms with Gasteiger partial charge in [-0.3, -0.25) is 9.59 Å². The van der Waals surface area contributed by atoms with Crippen LogP contribution in [0.1, 0.15) is 91.9 Å². The summed E-state index contributed by atoms with van der Waals surface area (Å²) in [6.45, 7) is 9.97. The van der Waals surface area contributed by atoms with Gasteiger partial charge in [-0.2, -0.15) is 0 Å². The molecule has 5 fully saturated rings. The molecule has 5 aliphatic rings. The van der Waals surface area contributed by atoms with E-state index in [9.17, 15) is 9.59 Å². The van der Waals surface area contributed by atoms with E-state index in [1.165, 1.54) is 25.7 Å². The summed E-state index contributed by atoms with van der Waals surface area (Å²) in [5.41, 5.74) is 0.0326. The van der Waals surface area contributed by atoms with Gasteiger partial charge < -0.3 is 10.1 Å². The third-order valence-corrected chi connectivity index (χ3v) is 10.5.